The molecule has 1 aromatic rings. The molecule has 1 unspecified atom stereocenters. The van der Waals surface area contributed by atoms with E-state index in [-0.39, 0.29) is 41.4 Å². The zero-order valence-corrected chi connectivity index (χ0v) is 19.9. The smallest absolute Gasteiger partial charge is 0.191 e. The summed E-state index contributed by atoms with van der Waals surface area (Å²) < 4.78 is 6.71. The number of hydrogen-bond acceptors (Lipinski definition) is 3. The SMILES string of the molecule is CCNC(=NCC1(CCO)CCOC1)NCC1(c2cccc(Br)c2)CC1.I. The van der Waals surface area contributed by atoms with Gasteiger partial charge in [-0.1, -0.05) is 28.1 Å². The fourth-order valence-electron chi connectivity index (χ4n) is 3.67. The Morgan fingerprint density at radius 1 is 1.30 bits per heavy atom. The maximum atomic E-state index is 9.39. The predicted octanol–water partition coefficient (Wildman–Crippen LogP) is 3.44. The van der Waals surface area contributed by atoms with E-state index in [0.29, 0.717) is 13.2 Å². The molecule has 1 aliphatic heterocycles. The van der Waals surface area contributed by atoms with Crippen LogP contribution in [0.4, 0.5) is 0 Å². The van der Waals surface area contributed by atoms with Gasteiger partial charge >= 0.3 is 0 Å². The lowest BCUT2D eigenvalue weighted by Gasteiger charge is -2.25. The Kier molecular flexibility index (Phi) is 8.83. The highest BCUT2D eigenvalue weighted by Gasteiger charge is 2.44. The molecular weight excluding hydrogens is 521 g/mol. The molecule has 1 saturated heterocycles. The summed E-state index contributed by atoms with van der Waals surface area (Å²) in [6.45, 7) is 6.14. The number of guanidine groups is 1. The van der Waals surface area contributed by atoms with Gasteiger partial charge in [0.05, 0.1) is 13.2 Å². The number of nitrogens with one attached hydrogen (secondary N) is 2. The summed E-state index contributed by atoms with van der Waals surface area (Å²) in [6.07, 6.45) is 4.13. The molecule has 1 aliphatic carbocycles. The first-order valence-corrected chi connectivity index (χ1v) is 10.4. The zero-order chi connectivity index (χ0) is 18.5. The average Bonchev–Trinajstić information content (AvgIpc) is 3.30. The van der Waals surface area contributed by atoms with E-state index in [0.717, 1.165) is 43.0 Å². The number of hydrogen-bond donors (Lipinski definition) is 3. The third-order valence-electron chi connectivity index (χ3n) is 5.63. The van der Waals surface area contributed by atoms with Crippen LogP contribution in [0.25, 0.3) is 0 Å². The van der Waals surface area contributed by atoms with E-state index in [1.165, 1.54) is 18.4 Å². The van der Waals surface area contributed by atoms with Crippen molar-refractivity contribution in [3.05, 3.63) is 34.3 Å². The highest BCUT2D eigenvalue weighted by Crippen LogP contribution is 2.48. The number of ether oxygens (including phenoxy) is 1. The van der Waals surface area contributed by atoms with Crippen molar-refractivity contribution in [2.75, 3.05) is 39.5 Å². The van der Waals surface area contributed by atoms with E-state index in [9.17, 15) is 5.11 Å². The number of aliphatic hydroxyl groups is 1. The van der Waals surface area contributed by atoms with Crippen LogP contribution in [0, 0.1) is 5.41 Å². The average molecular weight is 552 g/mol. The molecule has 0 aromatic heterocycles. The van der Waals surface area contributed by atoms with Crippen molar-refractivity contribution in [2.24, 2.45) is 10.4 Å². The second-order valence-electron chi connectivity index (χ2n) is 7.62. The monoisotopic (exact) mass is 551 g/mol. The summed E-state index contributed by atoms with van der Waals surface area (Å²) in [5.74, 6) is 0.859. The van der Waals surface area contributed by atoms with Gasteiger partial charge in [0.15, 0.2) is 5.96 Å². The molecule has 0 radical (unpaired) electrons. The molecule has 7 heteroatoms. The van der Waals surface area contributed by atoms with Gasteiger partial charge in [-0.15, -0.1) is 24.0 Å². The van der Waals surface area contributed by atoms with Crippen LogP contribution in [0.2, 0.25) is 0 Å². The van der Waals surface area contributed by atoms with Crippen LogP contribution in [-0.2, 0) is 10.2 Å². The molecule has 3 rings (SSSR count). The topological polar surface area (TPSA) is 65.9 Å². The minimum atomic E-state index is -0.0152. The van der Waals surface area contributed by atoms with Crippen molar-refractivity contribution >= 4 is 45.9 Å². The lowest BCUT2D eigenvalue weighted by molar-refractivity contribution is 0.131. The molecule has 152 valence electrons. The third-order valence-corrected chi connectivity index (χ3v) is 6.12. The largest absolute Gasteiger partial charge is 0.396 e. The van der Waals surface area contributed by atoms with Crippen LogP contribution in [0.1, 0.15) is 38.2 Å². The van der Waals surface area contributed by atoms with E-state index in [2.05, 4.69) is 57.8 Å². The maximum absolute atomic E-state index is 9.39. The Bertz CT molecular complexity index is 631. The molecule has 0 spiro atoms. The van der Waals surface area contributed by atoms with Crippen LogP contribution >= 0.6 is 39.9 Å². The van der Waals surface area contributed by atoms with Gasteiger partial charge in [-0.05, 0) is 50.3 Å². The molecule has 1 atom stereocenters. The van der Waals surface area contributed by atoms with Crippen molar-refractivity contribution in [1.82, 2.24) is 10.6 Å². The molecule has 1 saturated carbocycles. The van der Waals surface area contributed by atoms with Gasteiger partial charge in [0.2, 0.25) is 0 Å². The van der Waals surface area contributed by atoms with Gasteiger partial charge in [-0.2, -0.15) is 0 Å². The van der Waals surface area contributed by atoms with E-state index < -0.39 is 0 Å². The number of rotatable bonds is 8. The Balaban J connectivity index is 0.00000261. The van der Waals surface area contributed by atoms with Gasteiger partial charge in [0, 0.05) is 41.6 Å². The summed E-state index contributed by atoms with van der Waals surface area (Å²) in [4.78, 5) is 4.82. The minimum absolute atomic E-state index is 0. The normalized spacial score (nSPS) is 23.6. The number of benzene rings is 1. The van der Waals surface area contributed by atoms with E-state index in [1.807, 2.05) is 0 Å². The van der Waals surface area contributed by atoms with Crippen LogP contribution < -0.4 is 10.6 Å². The van der Waals surface area contributed by atoms with Gasteiger partial charge in [0.25, 0.3) is 0 Å². The molecule has 0 amide bonds. The van der Waals surface area contributed by atoms with Crippen molar-refractivity contribution < 1.29 is 9.84 Å². The molecule has 1 aromatic carbocycles. The molecule has 1 heterocycles. The van der Waals surface area contributed by atoms with Crippen molar-refractivity contribution in [2.45, 2.75) is 38.0 Å². The van der Waals surface area contributed by atoms with Crippen molar-refractivity contribution in [1.29, 1.82) is 0 Å². The first-order valence-electron chi connectivity index (χ1n) is 9.58. The quantitative estimate of drug-likeness (QED) is 0.263. The maximum Gasteiger partial charge on any atom is 0.191 e. The Hall–Kier alpha value is -0.380. The third kappa shape index (κ3) is 6.05. The number of aliphatic imine (C=N–C) groups is 1. The van der Waals surface area contributed by atoms with E-state index in [4.69, 9.17) is 9.73 Å². The van der Waals surface area contributed by atoms with Gasteiger partial charge in [0.1, 0.15) is 0 Å². The Morgan fingerprint density at radius 3 is 2.70 bits per heavy atom. The molecule has 3 N–H and O–H groups in total. The summed E-state index contributed by atoms with van der Waals surface area (Å²) in [5.41, 5.74) is 1.59. The zero-order valence-electron chi connectivity index (χ0n) is 16.0. The van der Waals surface area contributed by atoms with Gasteiger partial charge in [-0.25, -0.2) is 0 Å². The van der Waals surface area contributed by atoms with E-state index in [1.54, 1.807) is 0 Å². The van der Waals surface area contributed by atoms with Crippen LogP contribution in [0.5, 0.6) is 0 Å². The minimum Gasteiger partial charge on any atom is -0.396 e. The van der Waals surface area contributed by atoms with Crippen LogP contribution in [-0.4, -0.2) is 50.5 Å². The molecule has 2 aliphatic rings. The molecule has 0 bridgehead atoms. The summed E-state index contributed by atoms with van der Waals surface area (Å²) in [6, 6.07) is 8.63. The Morgan fingerprint density at radius 2 is 2.11 bits per heavy atom. The highest BCUT2D eigenvalue weighted by atomic mass is 127. The molecular formula is C20H31BrIN3O2. The van der Waals surface area contributed by atoms with Crippen LogP contribution in [0.15, 0.2) is 33.7 Å². The fourth-order valence-corrected chi connectivity index (χ4v) is 4.07. The van der Waals surface area contributed by atoms with Gasteiger partial charge < -0.3 is 20.5 Å². The summed E-state index contributed by atoms with van der Waals surface area (Å²) in [5, 5.41) is 16.3. The number of nitrogens with zero attached hydrogens (tertiary/aromatic N) is 1. The predicted molar refractivity (Wildman–Crippen MR) is 124 cm³/mol. The van der Waals surface area contributed by atoms with Crippen molar-refractivity contribution in [3.8, 4) is 0 Å². The number of aliphatic hydroxyl groups excluding tert-OH is 1. The Labute approximate surface area is 187 Å². The molecule has 27 heavy (non-hydrogen) atoms. The summed E-state index contributed by atoms with van der Waals surface area (Å²) in [7, 11) is 0. The van der Waals surface area contributed by atoms with Gasteiger partial charge in [-0.3, -0.25) is 4.99 Å². The van der Waals surface area contributed by atoms with Crippen LogP contribution in [0.3, 0.4) is 0 Å². The first kappa shape index (κ1) is 22.9. The lowest BCUT2D eigenvalue weighted by atomic mass is 9.84. The first-order chi connectivity index (χ1) is 12.6. The van der Waals surface area contributed by atoms with E-state index >= 15 is 0 Å². The standard InChI is InChI=1S/C20H30BrN3O2.HI/c1-2-22-18(23-13-19(8-10-25)9-11-26-15-19)24-14-20(6-7-20)16-4-3-5-17(21)12-16;/h3-5,12,25H,2,6-11,13-15H2,1H3,(H2,22,23,24);1H. The second-order valence-corrected chi connectivity index (χ2v) is 8.53. The molecule has 5 nitrogen and oxygen atoms in total. The second kappa shape index (κ2) is 10.4. The van der Waals surface area contributed by atoms with Crippen molar-refractivity contribution in [3.63, 3.8) is 0 Å². The number of halogens is 2. The highest BCUT2D eigenvalue weighted by molar-refractivity contribution is 14.0. The lowest BCUT2D eigenvalue weighted by Crippen LogP contribution is -2.42. The summed E-state index contributed by atoms with van der Waals surface area (Å²) >= 11 is 3.58. The molecule has 2 fully saturated rings. The fraction of sp³-hybridized carbons (Fsp3) is 0.650.